The molecule has 1 aromatic heterocycles. The first kappa shape index (κ1) is 63.1. The Morgan fingerprint density at radius 1 is 0.962 bits per heavy atom. The number of hydrogen-bond donors (Lipinski definition) is 11. The van der Waals surface area contributed by atoms with E-state index in [1.54, 1.807) is 36.4 Å². The average molecular weight is 1230 g/mol. The maximum absolute atomic E-state index is 13.3. The summed E-state index contributed by atoms with van der Waals surface area (Å²) < 4.78 is 72.0. The standard InChI is InChI=1S/C45H55N8O19P3S4/c1-2-79(76)26-67-37-22-39(70-38(37)24-68-74(62,63)72-75(64,65)71-73(59,60)61)53-23-28(41(48)52-45(53)58)7-6-15-51-44(57)50-14-4-3-5-17-66-25-78-77-18-16-49-42(54)27-8-11-31(43(55)56)34(19-27)40-32-12-9-29(46)20-35(32)69-36-21-30(47)10-13-33(36)40/h8-13,19-21,23,37-39,46H,2-5,14-18,22,24-26,47H2,1H3,(H,49,54)(H,55,56)(H,62,63)(H,64,65)(H2,48,52,58)(H2,50,51,57)(H2,59,60,61)/t37-,38-,39-,79?/m1/s1. The van der Waals surface area contributed by atoms with E-state index in [0.29, 0.717) is 82.7 Å². The number of unbranched alkanes of at least 4 members (excludes halogenated alkanes) is 2. The monoisotopic (exact) mass is 1230 g/mol. The van der Waals surface area contributed by atoms with Crippen molar-refractivity contribution in [2.75, 3.05) is 67.7 Å². The lowest BCUT2D eigenvalue weighted by Crippen LogP contribution is -2.36. The van der Waals surface area contributed by atoms with E-state index in [1.807, 2.05) is 6.92 Å². The first-order valence-electron chi connectivity index (χ1n) is 23.5. The number of hydrogen-bond acceptors (Lipinski definition) is 21. The number of nitrogens with zero attached hydrogens (tertiary/aromatic N) is 2. The summed E-state index contributed by atoms with van der Waals surface area (Å²) in [5, 5.41) is 27.2. The molecule has 0 bridgehead atoms. The largest absolute Gasteiger partial charge is 0.490 e. The number of fused-ring (bicyclic) bond motifs is 2. The van der Waals surface area contributed by atoms with Crippen LogP contribution in [0.4, 0.5) is 16.3 Å². The Labute approximate surface area is 465 Å². The third-order valence-corrected chi connectivity index (χ3v) is 19.0. The summed E-state index contributed by atoms with van der Waals surface area (Å²) in [5.74, 6) is 5.65. The molecule has 3 unspecified atom stereocenters. The molecule has 79 heavy (non-hydrogen) atoms. The molecule has 3 heterocycles. The Morgan fingerprint density at radius 2 is 1.75 bits per heavy atom. The lowest BCUT2D eigenvalue weighted by atomic mass is 9.89. The number of nitrogens with one attached hydrogen (secondary N) is 4. The summed E-state index contributed by atoms with van der Waals surface area (Å²) in [6, 6.07) is 13.8. The van der Waals surface area contributed by atoms with E-state index in [1.165, 1.54) is 46.0 Å². The van der Waals surface area contributed by atoms with Crippen LogP contribution in [0.3, 0.4) is 0 Å². The van der Waals surface area contributed by atoms with E-state index >= 15 is 0 Å². The van der Waals surface area contributed by atoms with Crippen molar-refractivity contribution >= 4 is 106 Å². The van der Waals surface area contributed by atoms with Crippen LogP contribution in [0.2, 0.25) is 0 Å². The van der Waals surface area contributed by atoms with E-state index < -0.39 is 75.7 Å². The van der Waals surface area contributed by atoms with Gasteiger partial charge < -0.3 is 76.1 Å². The molecule has 0 spiro atoms. The van der Waals surface area contributed by atoms with Gasteiger partial charge in [-0.3, -0.25) is 13.9 Å². The van der Waals surface area contributed by atoms with Crippen molar-refractivity contribution in [1.82, 2.24) is 25.5 Å². The Morgan fingerprint density at radius 3 is 2.49 bits per heavy atom. The van der Waals surface area contributed by atoms with Gasteiger partial charge >= 0.3 is 41.2 Å². The van der Waals surface area contributed by atoms with Gasteiger partial charge in [-0.1, -0.05) is 49.8 Å². The second-order valence-electron chi connectivity index (χ2n) is 16.7. The molecule has 0 saturated carbocycles. The summed E-state index contributed by atoms with van der Waals surface area (Å²) in [5.41, 5.74) is 13.7. The van der Waals surface area contributed by atoms with Gasteiger partial charge in [0.05, 0.1) is 41.7 Å². The maximum Gasteiger partial charge on any atom is 0.490 e. The molecule has 27 nitrogen and oxygen atoms in total. The molecule has 428 valence electrons. The number of nitrogens with two attached hydrogens (primary N) is 2. The number of amides is 3. The zero-order chi connectivity index (χ0) is 57.5. The predicted octanol–water partition coefficient (Wildman–Crippen LogP) is 4.78. The third kappa shape index (κ3) is 19.3. The van der Waals surface area contributed by atoms with E-state index in [9.17, 15) is 47.8 Å². The number of rotatable bonds is 28. The fourth-order valence-corrected chi connectivity index (χ4v) is 12.8. The van der Waals surface area contributed by atoms with Gasteiger partial charge in [-0.25, -0.2) is 28.1 Å². The zero-order valence-corrected chi connectivity index (χ0v) is 47.6. The van der Waals surface area contributed by atoms with Gasteiger partial charge in [0.2, 0.25) is 0 Å². The Bertz CT molecular complexity index is 3360. The van der Waals surface area contributed by atoms with Crippen LogP contribution in [-0.2, 0) is 61.7 Å². The molecule has 13 N–H and O–H groups in total. The normalized spacial score (nSPS) is 17.3. The summed E-state index contributed by atoms with van der Waals surface area (Å²) in [7, 11) is -14.6. The van der Waals surface area contributed by atoms with Crippen molar-refractivity contribution in [3.8, 4) is 34.3 Å². The molecule has 6 atom stereocenters. The smallest absolute Gasteiger partial charge is 0.478 e. The highest BCUT2D eigenvalue weighted by atomic mass is 33.1. The number of nitrogen functional groups attached to an aromatic ring is 2. The van der Waals surface area contributed by atoms with Gasteiger partial charge in [0.15, 0.2) is 0 Å². The fraction of sp³-hybridized carbons (Fsp3) is 0.378. The number of aromatic nitrogens is 2. The average Bonchev–Trinajstić information content (AvgIpc) is 3.89. The van der Waals surface area contributed by atoms with Crippen LogP contribution in [0.1, 0.15) is 65.1 Å². The van der Waals surface area contributed by atoms with Crippen LogP contribution in [0, 0.1) is 17.3 Å². The summed E-state index contributed by atoms with van der Waals surface area (Å²) >= 11 is 5.32. The summed E-state index contributed by atoms with van der Waals surface area (Å²) in [6.45, 7) is 2.08. The molecular formula is C45H55N8O19P3S4. The number of carbonyl (C=O) groups excluding carboxylic acids is 2. The van der Waals surface area contributed by atoms with Gasteiger partial charge in [-0.05, 0) is 84.2 Å². The number of carboxylic acids is 1. The quantitative estimate of drug-likeness (QED) is 0.00610. The number of phosphoric acid groups is 3. The molecule has 34 heteroatoms. The first-order chi connectivity index (χ1) is 37.4. The molecule has 1 fully saturated rings. The third-order valence-electron chi connectivity index (χ3n) is 11.0. The van der Waals surface area contributed by atoms with E-state index in [2.05, 4.69) is 41.4 Å². The molecule has 3 amide bonds. The first-order valence-corrected chi connectivity index (χ1v) is 33.0. The van der Waals surface area contributed by atoms with Crippen LogP contribution in [0.25, 0.3) is 33.4 Å². The van der Waals surface area contributed by atoms with Crippen molar-refractivity contribution in [3.63, 3.8) is 0 Å². The van der Waals surface area contributed by atoms with E-state index in [0.717, 1.165) is 17.4 Å². The van der Waals surface area contributed by atoms with Crippen LogP contribution >= 0.6 is 45.1 Å². The summed E-state index contributed by atoms with van der Waals surface area (Å²) in [4.78, 5) is 91.9. The lowest BCUT2D eigenvalue weighted by Gasteiger charge is -2.21. The number of carbonyl (C=O) groups is 3. The molecular weight excluding hydrogens is 1180 g/mol. The van der Waals surface area contributed by atoms with Crippen LogP contribution < -0.4 is 38.5 Å². The van der Waals surface area contributed by atoms with E-state index in [-0.39, 0.29) is 52.7 Å². The minimum absolute atomic E-state index is 0.0126. The van der Waals surface area contributed by atoms with Crippen molar-refractivity contribution in [1.29, 1.82) is 5.41 Å². The molecule has 1 saturated heterocycles. The Hall–Kier alpha value is -5.06. The second-order valence-corrected chi connectivity index (χ2v) is 26.8. The number of carboxylic acid groups (broad SMARTS) is 1. The highest BCUT2D eigenvalue weighted by Crippen LogP contribution is 2.66. The van der Waals surface area contributed by atoms with Crippen molar-refractivity contribution in [3.05, 3.63) is 93.3 Å². The molecule has 6 rings (SSSR count). The van der Waals surface area contributed by atoms with Crippen molar-refractivity contribution in [2.24, 2.45) is 0 Å². The molecule has 2 aliphatic heterocycles. The van der Waals surface area contributed by atoms with Gasteiger partial charge in [-0.15, -0.1) is 0 Å². The molecule has 3 aromatic rings. The SMILES string of the molecule is CCS(=S)CO[C@@H]1C[C@H](n2cc(C#CCNC(=O)NCCCCCOCSSCCNC(=O)c3ccc(C(=O)O)c(-c4c5ccc(=N)cc-5oc5cc(N)ccc45)c3)c(N)nc2=O)O[C@@H]1COP(=O)(O)OP(=O)(O)OP(=O)(O)O. The number of anilines is 2. The molecule has 3 aliphatic rings. The Kier molecular flexibility index (Phi) is 23.2. The molecule has 0 radical (unpaired) electrons. The van der Waals surface area contributed by atoms with Crippen molar-refractivity contribution in [2.45, 2.75) is 51.0 Å². The molecule has 2 aromatic carbocycles. The number of phosphoric ester groups is 1. The summed E-state index contributed by atoms with van der Waals surface area (Å²) in [6.07, 6.45) is 0.0902. The van der Waals surface area contributed by atoms with Gasteiger partial charge in [0.1, 0.15) is 35.4 Å². The zero-order valence-electron chi connectivity index (χ0n) is 41.7. The topological polar surface area (TPSA) is 419 Å². The van der Waals surface area contributed by atoms with Gasteiger partial charge in [0, 0.05) is 78.0 Å². The highest BCUT2D eigenvalue weighted by molar-refractivity contribution is 8.76. The maximum atomic E-state index is 13.3. The lowest BCUT2D eigenvalue weighted by molar-refractivity contribution is -0.0544. The minimum atomic E-state index is -5.79. The van der Waals surface area contributed by atoms with Gasteiger partial charge in [-0.2, -0.15) is 13.6 Å². The van der Waals surface area contributed by atoms with Gasteiger partial charge in [0.25, 0.3) is 5.91 Å². The van der Waals surface area contributed by atoms with E-state index in [4.69, 9.17) is 61.0 Å². The van der Waals surface area contributed by atoms with Crippen LogP contribution in [-0.4, -0.2) is 121 Å². The second kappa shape index (κ2) is 29.1. The fourth-order valence-electron chi connectivity index (χ4n) is 7.50. The Balaban J connectivity index is 0.870. The van der Waals surface area contributed by atoms with Crippen LogP contribution in [0.15, 0.2) is 70.0 Å². The number of ether oxygens (including phenoxy) is 3. The highest BCUT2D eigenvalue weighted by Gasteiger charge is 2.44. The van der Waals surface area contributed by atoms with Crippen molar-refractivity contribution < 1.29 is 84.5 Å². The molecule has 1 aliphatic carbocycles. The minimum Gasteiger partial charge on any atom is -0.478 e. The number of aromatic carboxylic acids is 1. The predicted molar refractivity (Wildman–Crippen MR) is 297 cm³/mol. The number of benzene rings is 3. The number of urea groups is 1. The van der Waals surface area contributed by atoms with Crippen LogP contribution in [0.5, 0.6) is 0 Å².